The van der Waals surface area contributed by atoms with Crippen LogP contribution in [0.4, 0.5) is 5.69 Å². The number of amides is 2. The van der Waals surface area contributed by atoms with Crippen LogP contribution in [-0.2, 0) is 20.9 Å². The van der Waals surface area contributed by atoms with Crippen molar-refractivity contribution in [1.82, 2.24) is 15.1 Å². The van der Waals surface area contributed by atoms with Crippen molar-refractivity contribution in [3.63, 3.8) is 0 Å². The number of carboxylic acid groups (broad SMARTS) is 1. The van der Waals surface area contributed by atoms with Gasteiger partial charge in [0.05, 0.1) is 18.3 Å². The SMILES string of the molecule is O=C(O)CN(C(=O)CCCCCCOc1ccc2c(c1)N=C1NC(=O)CN1C2)C(c1ccccc1)c1ccccc1. The molecule has 212 valence electrons. The van der Waals surface area contributed by atoms with Crippen LogP contribution in [0.2, 0.25) is 0 Å². The molecule has 41 heavy (non-hydrogen) atoms. The van der Waals surface area contributed by atoms with E-state index in [9.17, 15) is 19.5 Å². The molecule has 1 saturated heterocycles. The van der Waals surface area contributed by atoms with Crippen molar-refractivity contribution in [3.05, 3.63) is 95.6 Å². The summed E-state index contributed by atoms with van der Waals surface area (Å²) in [6.45, 7) is 1.16. The van der Waals surface area contributed by atoms with Crippen LogP contribution in [0.25, 0.3) is 0 Å². The molecule has 0 aromatic heterocycles. The lowest BCUT2D eigenvalue weighted by atomic mass is 9.96. The minimum absolute atomic E-state index is 0.0449. The predicted octanol–water partition coefficient (Wildman–Crippen LogP) is 4.65. The van der Waals surface area contributed by atoms with Gasteiger partial charge in [-0.05, 0) is 35.6 Å². The maximum absolute atomic E-state index is 13.3. The molecular formula is C32H34N4O5. The van der Waals surface area contributed by atoms with Crippen LogP contribution >= 0.6 is 0 Å². The van der Waals surface area contributed by atoms with Crippen LogP contribution in [0.5, 0.6) is 5.75 Å². The Labute approximate surface area is 239 Å². The molecule has 2 aliphatic rings. The third-order valence-electron chi connectivity index (χ3n) is 7.25. The molecule has 9 nitrogen and oxygen atoms in total. The van der Waals surface area contributed by atoms with E-state index in [1.54, 1.807) is 0 Å². The number of hydrogen-bond acceptors (Lipinski definition) is 6. The van der Waals surface area contributed by atoms with Gasteiger partial charge < -0.3 is 19.6 Å². The average molecular weight is 555 g/mol. The molecule has 5 rings (SSSR count). The molecule has 0 spiro atoms. The van der Waals surface area contributed by atoms with E-state index in [2.05, 4.69) is 10.3 Å². The van der Waals surface area contributed by atoms with E-state index in [-0.39, 0.29) is 24.8 Å². The van der Waals surface area contributed by atoms with Crippen LogP contribution in [0.15, 0.2) is 83.9 Å². The van der Waals surface area contributed by atoms with Crippen molar-refractivity contribution in [1.29, 1.82) is 0 Å². The maximum Gasteiger partial charge on any atom is 0.323 e. The highest BCUT2D eigenvalue weighted by Crippen LogP contribution is 2.31. The van der Waals surface area contributed by atoms with Gasteiger partial charge in [0.25, 0.3) is 0 Å². The lowest BCUT2D eigenvalue weighted by Crippen LogP contribution is -2.39. The van der Waals surface area contributed by atoms with Crippen molar-refractivity contribution in [2.24, 2.45) is 4.99 Å². The van der Waals surface area contributed by atoms with Crippen LogP contribution in [-0.4, -0.2) is 58.3 Å². The number of rotatable bonds is 13. The van der Waals surface area contributed by atoms with E-state index in [0.717, 1.165) is 47.4 Å². The summed E-state index contributed by atoms with van der Waals surface area (Å²) in [6, 6.07) is 24.5. The number of guanidine groups is 1. The fourth-order valence-electron chi connectivity index (χ4n) is 5.27. The lowest BCUT2D eigenvalue weighted by molar-refractivity contribution is -0.145. The molecule has 0 radical (unpaired) electrons. The minimum Gasteiger partial charge on any atom is -0.494 e. The van der Waals surface area contributed by atoms with Gasteiger partial charge >= 0.3 is 5.97 Å². The highest BCUT2D eigenvalue weighted by Gasteiger charge is 2.30. The third kappa shape index (κ3) is 7.11. The zero-order chi connectivity index (χ0) is 28.6. The Balaban J connectivity index is 1.10. The second-order valence-corrected chi connectivity index (χ2v) is 10.3. The Kier molecular flexibility index (Phi) is 8.93. The highest BCUT2D eigenvalue weighted by molar-refractivity contribution is 6.05. The van der Waals surface area contributed by atoms with E-state index in [1.165, 1.54) is 4.90 Å². The molecule has 2 amide bonds. The van der Waals surface area contributed by atoms with E-state index in [1.807, 2.05) is 83.8 Å². The molecule has 0 bridgehead atoms. The number of ether oxygens (including phenoxy) is 1. The summed E-state index contributed by atoms with van der Waals surface area (Å²) < 4.78 is 5.93. The molecule has 0 unspecified atom stereocenters. The van der Waals surface area contributed by atoms with Crippen LogP contribution in [0.1, 0.15) is 54.8 Å². The Morgan fingerprint density at radius 3 is 2.29 bits per heavy atom. The molecule has 2 N–H and O–H groups in total. The number of carbonyl (C=O) groups is 3. The number of carbonyl (C=O) groups excluding carboxylic acids is 2. The van der Waals surface area contributed by atoms with E-state index < -0.39 is 12.0 Å². The Morgan fingerprint density at radius 1 is 0.927 bits per heavy atom. The van der Waals surface area contributed by atoms with Gasteiger partial charge in [-0.2, -0.15) is 0 Å². The quantitative estimate of drug-likeness (QED) is 0.298. The molecule has 2 heterocycles. The number of nitrogens with one attached hydrogen (secondary N) is 1. The first-order valence-electron chi connectivity index (χ1n) is 14.0. The Hall–Kier alpha value is -4.66. The van der Waals surface area contributed by atoms with Gasteiger partial charge in [0.15, 0.2) is 0 Å². The minimum atomic E-state index is -1.04. The Bertz CT molecular complexity index is 1370. The first-order chi connectivity index (χ1) is 20.0. The fraction of sp³-hybridized carbons (Fsp3) is 0.312. The highest BCUT2D eigenvalue weighted by atomic mass is 16.5. The van der Waals surface area contributed by atoms with E-state index in [0.29, 0.717) is 32.1 Å². The first-order valence-corrected chi connectivity index (χ1v) is 14.0. The van der Waals surface area contributed by atoms with Gasteiger partial charge in [0.2, 0.25) is 17.8 Å². The van der Waals surface area contributed by atoms with Gasteiger partial charge in [0, 0.05) is 19.0 Å². The standard InChI is InChI=1S/C32H34N4O5/c37-28-21-35-20-25-16-17-26(19-27(25)33-32(35)34-28)41-18-10-2-1-9-15-29(38)36(22-30(39)40)31(23-11-5-3-6-12-23)24-13-7-4-8-14-24/h3-8,11-14,16-17,19,31H,1-2,9-10,15,18,20-22H2,(H,39,40)(H,33,34,37). The number of benzene rings is 3. The van der Waals surface area contributed by atoms with Crippen LogP contribution in [0, 0.1) is 0 Å². The second-order valence-electron chi connectivity index (χ2n) is 10.3. The van der Waals surface area contributed by atoms with Gasteiger partial charge in [0.1, 0.15) is 18.8 Å². The molecule has 3 aromatic carbocycles. The van der Waals surface area contributed by atoms with Crippen molar-refractivity contribution < 1.29 is 24.2 Å². The van der Waals surface area contributed by atoms with Crippen molar-refractivity contribution in [2.75, 3.05) is 19.7 Å². The number of aliphatic imine (C=N–C) groups is 1. The first kappa shape index (κ1) is 27.9. The van der Waals surface area contributed by atoms with Crippen LogP contribution in [0.3, 0.4) is 0 Å². The zero-order valence-electron chi connectivity index (χ0n) is 22.9. The molecule has 2 aliphatic heterocycles. The smallest absolute Gasteiger partial charge is 0.323 e. The molecule has 3 aromatic rings. The fourth-order valence-corrected chi connectivity index (χ4v) is 5.27. The summed E-state index contributed by atoms with van der Waals surface area (Å²) in [6.07, 6.45) is 3.51. The van der Waals surface area contributed by atoms with Gasteiger partial charge in [-0.15, -0.1) is 0 Å². The van der Waals surface area contributed by atoms with Crippen LogP contribution < -0.4 is 10.1 Å². The number of aliphatic carboxylic acids is 1. The van der Waals surface area contributed by atoms with E-state index >= 15 is 0 Å². The normalized spacial score (nSPS) is 13.7. The van der Waals surface area contributed by atoms with Gasteiger partial charge in [-0.1, -0.05) is 79.6 Å². The molecule has 9 heteroatoms. The number of nitrogens with zero attached hydrogens (tertiary/aromatic N) is 3. The van der Waals surface area contributed by atoms with Crippen molar-refractivity contribution in [3.8, 4) is 5.75 Å². The van der Waals surface area contributed by atoms with Gasteiger partial charge in [-0.25, -0.2) is 4.99 Å². The molecule has 1 fully saturated rings. The van der Waals surface area contributed by atoms with Gasteiger partial charge in [-0.3, -0.25) is 19.7 Å². The summed E-state index contributed by atoms with van der Waals surface area (Å²) in [7, 11) is 0. The molecule has 0 aliphatic carbocycles. The number of hydrogen-bond donors (Lipinski definition) is 2. The van der Waals surface area contributed by atoms with Crippen molar-refractivity contribution >= 4 is 29.4 Å². The third-order valence-corrected chi connectivity index (χ3v) is 7.25. The summed E-state index contributed by atoms with van der Waals surface area (Å²) in [5.74, 6) is 0.0741. The summed E-state index contributed by atoms with van der Waals surface area (Å²) in [5, 5.41) is 12.4. The monoisotopic (exact) mass is 554 g/mol. The summed E-state index contributed by atoms with van der Waals surface area (Å²) in [4.78, 5) is 44.7. The maximum atomic E-state index is 13.3. The zero-order valence-corrected chi connectivity index (χ0v) is 22.9. The average Bonchev–Trinajstić information content (AvgIpc) is 3.34. The number of unbranched alkanes of at least 4 members (excludes halogenated alkanes) is 3. The molecule has 0 atom stereocenters. The lowest BCUT2D eigenvalue weighted by Gasteiger charge is -2.31. The number of fused-ring (bicyclic) bond motifs is 2. The predicted molar refractivity (Wildman–Crippen MR) is 155 cm³/mol. The largest absolute Gasteiger partial charge is 0.494 e. The molecule has 0 saturated carbocycles. The van der Waals surface area contributed by atoms with E-state index in [4.69, 9.17) is 4.74 Å². The molecular weight excluding hydrogens is 520 g/mol. The second kappa shape index (κ2) is 13.1. The number of carboxylic acids is 1. The summed E-state index contributed by atoms with van der Waals surface area (Å²) >= 11 is 0. The summed E-state index contributed by atoms with van der Waals surface area (Å²) in [5.41, 5.74) is 3.62. The van der Waals surface area contributed by atoms with Crippen molar-refractivity contribution in [2.45, 2.75) is 44.7 Å². The Morgan fingerprint density at radius 2 is 1.61 bits per heavy atom. The topological polar surface area (TPSA) is 112 Å².